The van der Waals surface area contributed by atoms with Crippen LogP contribution in [0.4, 0.5) is 0 Å². The number of halogens is 2. The topological polar surface area (TPSA) is 9.23 Å². The van der Waals surface area contributed by atoms with Gasteiger partial charge in [-0.05, 0) is 0 Å². The maximum Gasteiger partial charge on any atom is 2.00 e. The zero-order valence-corrected chi connectivity index (χ0v) is 9.34. The average Bonchev–Trinajstić information content (AvgIpc) is 1.90. The molecule has 1 aromatic rings. The van der Waals surface area contributed by atoms with E-state index in [2.05, 4.69) is 6.07 Å². The maximum absolute atomic E-state index is 4.86. The molecule has 0 amide bonds. The third kappa shape index (κ3) is 6.59. The molecule has 0 saturated carbocycles. The molecule has 1 aromatic carbocycles. The Labute approximate surface area is 92.4 Å². The van der Waals surface area contributed by atoms with Crippen molar-refractivity contribution in [3.05, 3.63) is 30.3 Å². The molecular weight excluding hydrogens is 223 g/mol. The van der Waals surface area contributed by atoms with Crippen molar-refractivity contribution >= 4 is 40.0 Å². The van der Waals surface area contributed by atoms with Crippen LogP contribution in [0.3, 0.4) is 0 Å². The second-order valence-electron chi connectivity index (χ2n) is 1.43. The molecule has 0 aromatic heterocycles. The molecule has 4 heteroatoms. The van der Waals surface area contributed by atoms with Crippen LogP contribution in [-0.2, 0) is 0 Å². The Morgan fingerprint density at radius 3 is 2.27 bits per heavy atom. The largest absolute Gasteiger partial charge is 2.00 e. The van der Waals surface area contributed by atoms with Crippen LogP contribution in [0.15, 0.2) is 24.3 Å². The van der Waals surface area contributed by atoms with Gasteiger partial charge in [-0.3, -0.25) is 0 Å². The van der Waals surface area contributed by atoms with Gasteiger partial charge in [-0.15, -0.1) is 29.1 Å². The van der Waals surface area contributed by atoms with Crippen LogP contribution in [-0.4, -0.2) is 30.2 Å². The van der Waals surface area contributed by atoms with E-state index in [4.69, 9.17) is 4.74 Å². The van der Waals surface area contributed by atoms with Gasteiger partial charge in [0.15, 0.2) is 0 Å². The molecule has 0 bridgehead atoms. The number of methoxy groups -OCH3 is 1. The molecule has 0 unspecified atom stereocenters. The van der Waals surface area contributed by atoms with Crippen molar-refractivity contribution < 1.29 is 9.44 Å². The molecular formula is C7H8BrFMgO. The number of rotatable bonds is 1. The second kappa shape index (κ2) is 10.2. The average molecular weight is 231 g/mol. The zero-order valence-electron chi connectivity index (χ0n) is 6.21. The van der Waals surface area contributed by atoms with E-state index >= 15 is 0 Å². The minimum atomic E-state index is 0. The van der Waals surface area contributed by atoms with Gasteiger partial charge in [0.2, 0.25) is 0 Å². The molecule has 0 aliphatic rings. The number of hydrogen-bond acceptors (Lipinski definition) is 1. The van der Waals surface area contributed by atoms with E-state index in [0.29, 0.717) is 0 Å². The summed E-state index contributed by atoms with van der Waals surface area (Å²) >= 11 is 0. The molecule has 0 N–H and O–H groups in total. The van der Waals surface area contributed by atoms with Crippen LogP contribution < -0.4 is 9.44 Å². The summed E-state index contributed by atoms with van der Waals surface area (Å²) in [5, 5.41) is 0. The first-order valence-electron chi connectivity index (χ1n) is 2.44. The van der Waals surface area contributed by atoms with Gasteiger partial charge in [-0.2, -0.15) is 18.2 Å². The molecule has 1 rings (SSSR count). The summed E-state index contributed by atoms with van der Waals surface area (Å²) < 4.78 is 4.86. The summed E-state index contributed by atoms with van der Waals surface area (Å²) in [6.45, 7) is 0. The fourth-order valence-corrected chi connectivity index (χ4v) is 0.504. The van der Waals surface area contributed by atoms with E-state index in [-0.39, 0.29) is 44.7 Å². The molecule has 0 atom stereocenters. The monoisotopic (exact) mass is 230 g/mol. The quantitative estimate of drug-likeness (QED) is 0.431. The van der Waals surface area contributed by atoms with Gasteiger partial charge in [0.1, 0.15) is 0 Å². The number of benzene rings is 1. The molecule has 58 valence electrons. The van der Waals surface area contributed by atoms with Crippen molar-refractivity contribution in [3.63, 3.8) is 0 Å². The van der Waals surface area contributed by atoms with Gasteiger partial charge in [0.05, 0.1) is 7.11 Å². The molecule has 0 aliphatic carbocycles. The SMILES string of the molecule is Br.COc1[c-]cccc1.[F-].[Mg+2]. The van der Waals surface area contributed by atoms with Crippen molar-refractivity contribution in [2.75, 3.05) is 7.11 Å². The Bertz CT molecular complexity index is 160. The van der Waals surface area contributed by atoms with Crippen molar-refractivity contribution in [2.24, 2.45) is 0 Å². The molecule has 11 heavy (non-hydrogen) atoms. The first-order valence-corrected chi connectivity index (χ1v) is 2.44. The summed E-state index contributed by atoms with van der Waals surface area (Å²) in [7, 11) is 1.63. The Morgan fingerprint density at radius 1 is 1.36 bits per heavy atom. The van der Waals surface area contributed by atoms with Crippen LogP contribution in [0.1, 0.15) is 0 Å². The third-order valence-corrected chi connectivity index (χ3v) is 0.900. The number of ether oxygens (including phenoxy) is 1. The van der Waals surface area contributed by atoms with Gasteiger partial charge in [-0.1, -0.05) is 0 Å². The summed E-state index contributed by atoms with van der Waals surface area (Å²) in [6, 6.07) is 10.4. The first kappa shape index (κ1) is 17.3. The molecule has 1 nitrogen and oxygen atoms in total. The van der Waals surface area contributed by atoms with E-state index in [1.165, 1.54) is 0 Å². The second-order valence-corrected chi connectivity index (χ2v) is 1.43. The summed E-state index contributed by atoms with van der Waals surface area (Å²) in [4.78, 5) is 0. The summed E-state index contributed by atoms with van der Waals surface area (Å²) in [6.07, 6.45) is 0. The Hall–Kier alpha value is 0.196. The van der Waals surface area contributed by atoms with Crippen LogP contribution in [0.2, 0.25) is 0 Å². The molecule has 0 radical (unpaired) electrons. The van der Waals surface area contributed by atoms with E-state index in [0.717, 1.165) is 5.75 Å². The van der Waals surface area contributed by atoms with Gasteiger partial charge in [-0.25, -0.2) is 0 Å². The predicted molar refractivity (Wildman–Crippen MR) is 47.9 cm³/mol. The van der Waals surface area contributed by atoms with Crippen LogP contribution in [0, 0.1) is 6.07 Å². The maximum atomic E-state index is 4.86. The van der Waals surface area contributed by atoms with Crippen LogP contribution in [0.5, 0.6) is 5.75 Å². The normalized spacial score (nSPS) is 6.27. The van der Waals surface area contributed by atoms with E-state index in [9.17, 15) is 0 Å². The smallest absolute Gasteiger partial charge is 1.00 e. The molecule has 0 saturated heterocycles. The molecule has 0 heterocycles. The minimum absolute atomic E-state index is 0. The zero-order chi connectivity index (χ0) is 5.82. The standard InChI is InChI=1S/C7H7O.BrH.FH.Mg/c1-8-7-5-3-2-4-6-7;;;/h2-5H,1H3;2*1H;/q-1;;;+2/p-1. The molecule has 0 spiro atoms. The van der Waals surface area contributed by atoms with E-state index in [1.54, 1.807) is 7.11 Å². The third-order valence-electron chi connectivity index (χ3n) is 0.900. The van der Waals surface area contributed by atoms with Crippen LogP contribution >= 0.6 is 17.0 Å². The van der Waals surface area contributed by atoms with E-state index in [1.807, 2.05) is 24.3 Å². The van der Waals surface area contributed by atoms with Crippen molar-refractivity contribution in [2.45, 2.75) is 0 Å². The van der Waals surface area contributed by atoms with E-state index < -0.39 is 0 Å². The van der Waals surface area contributed by atoms with Gasteiger partial charge in [0, 0.05) is 5.75 Å². The van der Waals surface area contributed by atoms with Gasteiger partial charge in [0.25, 0.3) is 0 Å². The Balaban J connectivity index is -0.000000213. The summed E-state index contributed by atoms with van der Waals surface area (Å²) in [5.74, 6) is 0.785. The van der Waals surface area contributed by atoms with Crippen LogP contribution in [0.25, 0.3) is 0 Å². The van der Waals surface area contributed by atoms with Crippen molar-refractivity contribution in [1.29, 1.82) is 0 Å². The fraction of sp³-hybridized carbons (Fsp3) is 0.143. The predicted octanol–water partition coefficient (Wildman–Crippen LogP) is -1.30. The Kier molecular flexibility index (Phi) is 16.1. The Morgan fingerprint density at radius 2 is 2.00 bits per heavy atom. The minimum Gasteiger partial charge on any atom is -1.00 e. The molecule has 0 aliphatic heterocycles. The molecule has 0 fully saturated rings. The summed E-state index contributed by atoms with van der Waals surface area (Å²) in [5.41, 5.74) is 0. The first-order chi connectivity index (χ1) is 3.93. The number of hydrogen-bond donors (Lipinski definition) is 0. The van der Waals surface area contributed by atoms with Crippen molar-refractivity contribution in [1.82, 2.24) is 0 Å². The van der Waals surface area contributed by atoms with Crippen molar-refractivity contribution in [3.8, 4) is 5.75 Å². The fourth-order valence-electron chi connectivity index (χ4n) is 0.504. The van der Waals surface area contributed by atoms with Gasteiger partial charge < -0.3 is 9.44 Å². The van der Waals surface area contributed by atoms with Gasteiger partial charge >= 0.3 is 23.1 Å². The number of para-hydroxylation sites is 1.